The number of nitrogens with zero attached hydrogens (tertiary/aromatic N) is 3. The fourth-order valence-electron chi connectivity index (χ4n) is 2.67. The Bertz CT molecular complexity index is 614. The minimum Gasteiger partial charge on any atom is -0.394 e. The Morgan fingerprint density at radius 2 is 2.08 bits per heavy atom. The summed E-state index contributed by atoms with van der Waals surface area (Å²) >= 11 is 0. The fourth-order valence-corrected chi connectivity index (χ4v) is 2.67. The standard InChI is InChI=1S/C15H21N3O6/c19-7-11-12(20)13(21)14(22)15(24-11)23-8-10-6-18(17-16-10)5-9-3-1-2-4-9/h1-3,6,11-15,19-22H,4-5,7-8H2/t11-,12-,13+,14+,15+/m1/s1. The largest absolute Gasteiger partial charge is 0.394 e. The third-order valence-corrected chi connectivity index (χ3v) is 4.04. The van der Waals surface area contributed by atoms with E-state index < -0.39 is 37.3 Å². The predicted octanol–water partition coefficient (Wildman–Crippen LogP) is -1.52. The topological polar surface area (TPSA) is 130 Å². The van der Waals surface area contributed by atoms with Crippen molar-refractivity contribution in [2.24, 2.45) is 0 Å². The van der Waals surface area contributed by atoms with Crippen molar-refractivity contribution in [1.29, 1.82) is 0 Å². The number of aliphatic hydroxyl groups is 4. The predicted molar refractivity (Wildman–Crippen MR) is 80.4 cm³/mol. The third kappa shape index (κ3) is 3.72. The fraction of sp³-hybridized carbons (Fsp3) is 0.600. The molecule has 2 heterocycles. The summed E-state index contributed by atoms with van der Waals surface area (Å²) in [7, 11) is 0. The Balaban J connectivity index is 1.54. The smallest absolute Gasteiger partial charge is 0.187 e. The number of hydrogen-bond acceptors (Lipinski definition) is 8. The highest BCUT2D eigenvalue weighted by Gasteiger charge is 2.44. The van der Waals surface area contributed by atoms with Gasteiger partial charge in [0, 0.05) is 0 Å². The highest BCUT2D eigenvalue weighted by Crippen LogP contribution is 2.22. The molecule has 9 heteroatoms. The van der Waals surface area contributed by atoms with Gasteiger partial charge in [-0.05, 0) is 12.0 Å². The number of ether oxygens (including phenoxy) is 2. The van der Waals surface area contributed by atoms with Crippen LogP contribution in [0.15, 0.2) is 30.0 Å². The normalized spacial score (nSPS) is 33.0. The van der Waals surface area contributed by atoms with Crippen LogP contribution in [0.25, 0.3) is 0 Å². The van der Waals surface area contributed by atoms with Gasteiger partial charge >= 0.3 is 0 Å². The molecule has 2 aliphatic rings. The van der Waals surface area contributed by atoms with Crippen LogP contribution >= 0.6 is 0 Å². The summed E-state index contributed by atoms with van der Waals surface area (Å²) in [4.78, 5) is 0. The van der Waals surface area contributed by atoms with Gasteiger partial charge in [0.05, 0.1) is 26.0 Å². The molecular formula is C15H21N3O6. The van der Waals surface area contributed by atoms with Gasteiger partial charge in [-0.25, -0.2) is 4.68 Å². The van der Waals surface area contributed by atoms with Gasteiger partial charge in [0.15, 0.2) is 6.29 Å². The molecule has 1 saturated heterocycles. The van der Waals surface area contributed by atoms with Crippen molar-refractivity contribution >= 4 is 0 Å². The van der Waals surface area contributed by atoms with E-state index in [0.29, 0.717) is 12.2 Å². The van der Waals surface area contributed by atoms with Crippen molar-refractivity contribution in [2.75, 3.05) is 6.61 Å². The van der Waals surface area contributed by atoms with Gasteiger partial charge in [-0.3, -0.25) is 0 Å². The molecule has 132 valence electrons. The molecule has 1 aromatic heterocycles. The van der Waals surface area contributed by atoms with Gasteiger partial charge < -0.3 is 29.9 Å². The summed E-state index contributed by atoms with van der Waals surface area (Å²) in [6, 6.07) is 0. The number of allylic oxidation sites excluding steroid dienone is 4. The van der Waals surface area contributed by atoms with Crippen molar-refractivity contribution in [1.82, 2.24) is 15.0 Å². The van der Waals surface area contributed by atoms with Crippen molar-refractivity contribution in [3.63, 3.8) is 0 Å². The number of rotatable bonds is 6. The van der Waals surface area contributed by atoms with E-state index >= 15 is 0 Å². The second kappa shape index (κ2) is 7.51. The van der Waals surface area contributed by atoms with Crippen LogP contribution in [0, 0.1) is 0 Å². The van der Waals surface area contributed by atoms with E-state index in [1.165, 1.54) is 5.57 Å². The van der Waals surface area contributed by atoms with E-state index in [0.717, 1.165) is 6.42 Å². The second-order valence-corrected chi connectivity index (χ2v) is 5.87. The molecule has 0 unspecified atom stereocenters. The van der Waals surface area contributed by atoms with Crippen LogP contribution in [0.3, 0.4) is 0 Å². The molecule has 1 fully saturated rings. The van der Waals surface area contributed by atoms with Crippen LogP contribution in [-0.4, -0.2) is 72.7 Å². The molecule has 4 N–H and O–H groups in total. The minimum atomic E-state index is -1.46. The van der Waals surface area contributed by atoms with Crippen LogP contribution in [0.4, 0.5) is 0 Å². The van der Waals surface area contributed by atoms with Crippen molar-refractivity contribution < 1.29 is 29.9 Å². The molecule has 1 aliphatic carbocycles. The van der Waals surface area contributed by atoms with E-state index in [2.05, 4.69) is 16.4 Å². The Morgan fingerprint density at radius 1 is 1.25 bits per heavy atom. The summed E-state index contributed by atoms with van der Waals surface area (Å²) in [6.45, 7) is 0.157. The van der Waals surface area contributed by atoms with Gasteiger partial charge in [0.1, 0.15) is 30.1 Å². The molecule has 0 radical (unpaired) electrons. The average Bonchev–Trinajstić information content (AvgIpc) is 3.24. The minimum absolute atomic E-state index is 0.0139. The second-order valence-electron chi connectivity index (χ2n) is 5.87. The zero-order valence-electron chi connectivity index (χ0n) is 13.0. The zero-order chi connectivity index (χ0) is 17.1. The maximum Gasteiger partial charge on any atom is 0.187 e. The first kappa shape index (κ1) is 17.2. The quantitative estimate of drug-likeness (QED) is 0.492. The van der Waals surface area contributed by atoms with E-state index in [1.54, 1.807) is 10.9 Å². The van der Waals surface area contributed by atoms with E-state index in [1.807, 2.05) is 12.2 Å². The third-order valence-electron chi connectivity index (χ3n) is 4.04. The van der Waals surface area contributed by atoms with Crippen LogP contribution in [0.1, 0.15) is 12.1 Å². The van der Waals surface area contributed by atoms with Crippen LogP contribution in [0.5, 0.6) is 0 Å². The molecule has 3 rings (SSSR count). The number of aromatic nitrogens is 3. The lowest BCUT2D eigenvalue weighted by molar-refractivity contribution is -0.304. The lowest BCUT2D eigenvalue weighted by Gasteiger charge is -2.39. The molecule has 0 bridgehead atoms. The van der Waals surface area contributed by atoms with Crippen LogP contribution < -0.4 is 0 Å². The highest BCUT2D eigenvalue weighted by molar-refractivity contribution is 5.22. The molecule has 0 spiro atoms. The van der Waals surface area contributed by atoms with Gasteiger partial charge in [0.25, 0.3) is 0 Å². The molecule has 0 aromatic carbocycles. The zero-order valence-corrected chi connectivity index (χ0v) is 13.0. The van der Waals surface area contributed by atoms with Crippen molar-refractivity contribution in [3.8, 4) is 0 Å². The van der Waals surface area contributed by atoms with Gasteiger partial charge in [-0.2, -0.15) is 0 Å². The molecule has 0 amide bonds. The first-order chi connectivity index (χ1) is 11.6. The Labute approximate surface area is 138 Å². The Hall–Kier alpha value is -1.62. The Morgan fingerprint density at radius 3 is 2.79 bits per heavy atom. The summed E-state index contributed by atoms with van der Waals surface area (Å²) in [5.74, 6) is 0. The molecule has 9 nitrogen and oxygen atoms in total. The first-order valence-corrected chi connectivity index (χ1v) is 7.74. The highest BCUT2D eigenvalue weighted by atomic mass is 16.7. The first-order valence-electron chi connectivity index (χ1n) is 7.74. The lowest BCUT2D eigenvalue weighted by atomic mass is 9.99. The maximum atomic E-state index is 9.90. The van der Waals surface area contributed by atoms with Crippen LogP contribution in [-0.2, 0) is 22.6 Å². The molecule has 24 heavy (non-hydrogen) atoms. The number of hydrogen-bond donors (Lipinski definition) is 4. The average molecular weight is 339 g/mol. The SMILES string of the molecule is OC[C@H]1O[C@H](OCc2cn(CC3=CC=CC3)nn2)[C@@H](O)[C@@H](O)[C@@H]1O. The lowest BCUT2D eigenvalue weighted by Crippen LogP contribution is -2.59. The molecule has 0 saturated carbocycles. The van der Waals surface area contributed by atoms with Crippen molar-refractivity contribution in [2.45, 2.75) is 50.3 Å². The van der Waals surface area contributed by atoms with E-state index in [-0.39, 0.29) is 6.61 Å². The summed E-state index contributed by atoms with van der Waals surface area (Å²) in [6.07, 6.45) is 2.26. The van der Waals surface area contributed by atoms with Gasteiger partial charge in [-0.15, -0.1) is 5.10 Å². The molecule has 1 aromatic rings. The van der Waals surface area contributed by atoms with E-state index in [4.69, 9.17) is 14.6 Å². The monoisotopic (exact) mass is 339 g/mol. The number of aliphatic hydroxyl groups excluding tert-OH is 4. The van der Waals surface area contributed by atoms with Gasteiger partial charge in [-0.1, -0.05) is 23.4 Å². The maximum absolute atomic E-state index is 9.90. The Kier molecular flexibility index (Phi) is 5.39. The van der Waals surface area contributed by atoms with E-state index in [9.17, 15) is 15.3 Å². The summed E-state index contributed by atoms with van der Waals surface area (Å²) in [5, 5.41) is 46.5. The molecular weight excluding hydrogens is 318 g/mol. The summed E-state index contributed by atoms with van der Waals surface area (Å²) in [5.41, 5.74) is 1.76. The van der Waals surface area contributed by atoms with Crippen molar-refractivity contribution in [3.05, 3.63) is 35.7 Å². The summed E-state index contributed by atoms with van der Waals surface area (Å²) < 4.78 is 12.4. The van der Waals surface area contributed by atoms with Crippen LogP contribution in [0.2, 0.25) is 0 Å². The van der Waals surface area contributed by atoms with Gasteiger partial charge in [0.2, 0.25) is 0 Å². The molecule has 5 atom stereocenters. The molecule has 1 aliphatic heterocycles.